The molecular formula is C22H29ClO4. The maximum atomic E-state index is 11.8. The molecule has 27 heavy (non-hydrogen) atoms. The average molecular weight is 393 g/mol. The van der Waals surface area contributed by atoms with Crippen molar-refractivity contribution in [3.05, 3.63) is 39.9 Å². The summed E-state index contributed by atoms with van der Waals surface area (Å²) < 4.78 is 0. The van der Waals surface area contributed by atoms with Crippen molar-refractivity contribution in [2.45, 2.75) is 59.8 Å². The minimum atomic E-state index is -0.297. The Labute approximate surface area is 166 Å². The third-order valence-corrected chi connectivity index (χ3v) is 4.87. The lowest BCUT2D eigenvalue weighted by atomic mass is 9.89. The van der Waals surface area contributed by atoms with E-state index in [9.17, 15) is 19.8 Å². The van der Waals surface area contributed by atoms with Crippen molar-refractivity contribution < 1.29 is 19.8 Å². The number of carbonyl (C=O) groups excluding carboxylic acids is 2. The van der Waals surface area contributed by atoms with Crippen LogP contribution in [-0.2, 0) is 4.79 Å². The highest BCUT2D eigenvalue weighted by Crippen LogP contribution is 2.40. The molecule has 5 heteroatoms. The Morgan fingerprint density at radius 1 is 1.00 bits per heavy atom. The molecule has 0 unspecified atom stereocenters. The molecule has 0 spiro atoms. The molecule has 0 heterocycles. The summed E-state index contributed by atoms with van der Waals surface area (Å²) in [5, 5.41) is 20.3. The van der Waals surface area contributed by atoms with Crippen molar-refractivity contribution >= 4 is 29.7 Å². The van der Waals surface area contributed by atoms with Crippen LogP contribution in [0.15, 0.2) is 18.2 Å². The van der Waals surface area contributed by atoms with E-state index in [0.717, 1.165) is 25.7 Å². The van der Waals surface area contributed by atoms with Gasteiger partial charge in [0.1, 0.15) is 17.3 Å². The molecule has 148 valence electrons. The van der Waals surface area contributed by atoms with Gasteiger partial charge in [0.25, 0.3) is 0 Å². The van der Waals surface area contributed by atoms with Crippen LogP contribution in [0.3, 0.4) is 0 Å². The molecule has 0 aliphatic carbocycles. The molecule has 2 N–H and O–H groups in total. The SMILES string of the molecule is Cc1c(Cl)c(O)c(C=CCCCC/C=C/CC(=O)C(C)(C)C)c(O)c1C=O. The van der Waals surface area contributed by atoms with Gasteiger partial charge in [-0.2, -0.15) is 0 Å². The highest BCUT2D eigenvalue weighted by atomic mass is 35.5. The third-order valence-electron chi connectivity index (χ3n) is 4.41. The van der Waals surface area contributed by atoms with E-state index in [1.807, 2.05) is 39.0 Å². The van der Waals surface area contributed by atoms with Crippen molar-refractivity contribution in [1.29, 1.82) is 0 Å². The molecular weight excluding hydrogens is 364 g/mol. The normalized spacial score (nSPS) is 12.2. The summed E-state index contributed by atoms with van der Waals surface area (Å²) >= 11 is 6.01. The van der Waals surface area contributed by atoms with Crippen LogP contribution in [0.2, 0.25) is 5.02 Å². The predicted molar refractivity (Wildman–Crippen MR) is 111 cm³/mol. The first kappa shape index (κ1) is 23.0. The highest BCUT2D eigenvalue weighted by molar-refractivity contribution is 6.33. The van der Waals surface area contributed by atoms with Crippen LogP contribution < -0.4 is 0 Å². The minimum absolute atomic E-state index is 0.0736. The Morgan fingerprint density at radius 2 is 1.59 bits per heavy atom. The molecule has 0 aromatic heterocycles. The van der Waals surface area contributed by atoms with Crippen molar-refractivity contribution in [2.24, 2.45) is 5.41 Å². The van der Waals surface area contributed by atoms with Gasteiger partial charge in [-0.3, -0.25) is 9.59 Å². The number of ketones is 1. The number of halogens is 1. The lowest BCUT2D eigenvalue weighted by Gasteiger charge is -2.14. The Bertz CT molecular complexity index is 740. The molecule has 1 aromatic carbocycles. The molecule has 0 atom stereocenters. The van der Waals surface area contributed by atoms with Crippen LogP contribution in [0.4, 0.5) is 0 Å². The summed E-state index contributed by atoms with van der Waals surface area (Å²) in [6, 6.07) is 0. The zero-order chi connectivity index (χ0) is 20.6. The lowest BCUT2D eigenvalue weighted by Crippen LogP contribution is -2.18. The summed E-state index contributed by atoms with van der Waals surface area (Å²) in [7, 11) is 0. The summed E-state index contributed by atoms with van der Waals surface area (Å²) in [6.45, 7) is 7.33. The molecule has 1 aromatic rings. The molecule has 0 aliphatic rings. The number of rotatable bonds is 9. The number of Topliss-reactive ketones (excluding diaryl/α,β-unsaturated/α-hetero) is 1. The van der Waals surface area contributed by atoms with Gasteiger partial charge >= 0.3 is 0 Å². The number of allylic oxidation sites excluding steroid dienone is 3. The van der Waals surface area contributed by atoms with E-state index in [0.29, 0.717) is 18.3 Å². The first-order valence-electron chi connectivity index (χ1n) is 9.15. The van der Waals surface area contributed by atoms with Crippen LogP contribution in [0.5, 0.6) is 11.5 Å². The second-order valence-electron chi connectivity index (χ2n) is 7.62. The van der Waals surface area contributed by atoms with Crippen LogP contribution >= 0.6 is 11.6 Å². The van der Waals surface area contributed by atoms with Gasteiger partial charge in [0, 0.05) is 11.8 Å². The average Bonchev–Trinajstić information content (AvgIpc) is 2.60. The second-order valence-corrected chi connectivity index (χ2v) is 7.99. The van der Waals surface area contributed by atoms with Crippen LogP contribution in [0.1, 0.15) is 74.4 Å². The van der Waals surface area contributed by atoms with Gasteiger partial charge in [-0.15, -0.1) is 0 Å². The van der Waals surface area contributed by atoms with E-state index in [1.54, 1.807) is 13.0 Å². The number of benzene rings is 1. The number of unbranched alkanes of at least 4 members (excludes halogenated alkanes) is 3. The van der Waals surface area contributed by atoms with Crippen molar-refractivity contribution in [1.82, 2.24) is 0 Å². The Kier molecular flexibility index (Phi) is 8.77. The van der Waals surface area contributed by atoms with Gasteiger partial charge in [-0.05, 0) is 38.2 Å². The zero-order valence-corrected chi connectivity index (χ0v) is 17.3. The first-order valence-corrected chi connectivity index (χ1v) is 9.53. The van der Waals surface area contributed by atoms with Crippen molar-refractivity contribution in [3.8, 4) is 11.5 Å². The molecule has 0 radical (unpaired) electrons. The number of hydrogen-bond acceptors (Lipinski definition) is 4. The molecule has 0 bridgehead atoms. The van der Waals surface area contributed by atoms with Gasteiger partial charge in [0.2, 0.25) is 0 Å². The van der Waals surface area contributed by atoms with Crippen molar-refractivity contribution in [2.75, 3.05) is 0 Å². The van der Waals surface area contributed by atoms with Crippen LogP contribution in [0, 0.1) is 12.3 Å². The maximum Gasteiger partial charge on any atom is 0.154 e. The van der Waals surface area contributed by atoms with E-state index in [1.165, 1.54) is 0 Å². The Balaban J connectivity index is 2.50. The summed E-state index contributed by atoms with van der Waals surface area (Å²) in [6.07, 6.45) is 11.9. The molecule has 0 amide bonds. The number of phenols is 2. The lowest BCUT2D eigenvalue weighted by molar-refractivity contribution is -0.125. The third kappa shape index (κ3) is 6.55. The molecule has 1 rings (SSSR count). The largest absolute Gasteiger partial charge is 0.506 e. The summed E-state index contributed by atoms with van der Waals surface area (Å²) in [4.78, 5) is 22.9. The van der Waals surface area contributed by atoms with Gasteiger partial charge in [0.05, 0.1) is 16.1 Å². The summed E-state index contributed by atoms with van der Waals surface area (Å²) in [5.41, 5.74) is 0.311. The standard InChI is InChI=1S/C22H29ClO4/c1-15-17(14-24)20(26)16(21(27)19(15)23)12-10-8-6-5-7-9-11-13-18(25)22(2,3)4/h9-12,14,26-27H,5-8,13H2,1-4H3/b11-9+,12-10?. The molecule has 0 fully saturated rings. The van der Waals surface area contributed by atoms with E-state index < -0.39 is 0 Å². The molecule has 0 aliphatic heterocycles. The smallest absolute Gasteiger partial charge is 0.154 e. The minimum Gasteiger partial charge on any atom is -0.506 e. The molecule has 0 saturated heterocycles. The van der Waals surface area contributed by atoms with Crippen LogP contribution in [0.25, 0.3) is 6.08 Å². The fourth-order valence-electron chi connectivity index (χ4n) is 2.49. The van der Waals surface area contributed by atoms with E-state index in [-0.39, 0.29) is 38.8 Å². The highest BCUT2D eigenvalue weighted by Gasteiger charge is 2.19. The zero-order valence-electron chi connectivity index (χ0n) is 16.5. The van der Waals surface area contributed by atoms with Crippen molar-refractivity contribution in [3.63, 3.8) is 0 Å². The number of phenolic OH excluding ortho intramolecular Hbond substituents is 2. The first-order chi connectivity index (χ1) is 12.6. The van der Waals surface area contributed by atoms with E-state index in [4.69, 9.17) is 11.6 Å². The fourth-order valence-corrected chi connectivity index (χ4v) is 2.69. The van der Waals surface area contributed by atoms with Crippen LogP contribution in [-0.4, -0.2) is 22.3 Å². The monoisotopic (exact) mass is 392 g/mol. The maximum absolute atomic E-state index is 11.8. The van der Waals surface area contributed by atoms with Gasteiger partial charge in [-0.1, -0.05) is 56.7 Å². The fraction of sp³-hybridized carbons (Fsp3) is 0.455. The topological polar surface area (TPSA) is 74.6 Å². The van der Waals surface area contributed by atoms with Gasteiger partial charge < -0.3 is 10.2 Å². The van der Waals surface area contributed by atoms with E-state index in [2.05, 4.69) is 0 Å². The number of carbonyl (C=O) groups is 2. The number of aromatic hydroxyl groups is 2. The Morgan fingerprint density at radius 3 is 2.15 bits per heavy atom. The predicted octanol–water partition coefficient (Wildman–Crippen LogP) is 6.01. The van der Waals surface area contributed by atoms with E-state index >= 15 is 0 Å². The number of hydrogen-bond donors (Lipinski definition) is 2. The second kappa shape index (κ2) is 10.3. The number of aldehydes is 1. The van der Waals surface area contributed by atoms with Gasteiger partial charge in [0.15, 0.2) is 6.29 Å². The Hall–Kier alpha value is -2.07. The molecule has 0 saturated carbocycles. The molecule has 4 nitrogen and oxygen atoms in total. The summed E-state index contributed by atoms with van der Waals surface area (Å²) in [5.74, 6) is -0.250. The van der Waals surface area contributed by atoms with Gasteiger partial charge in [-0.25, -0.2) is 0 Å². The quantitative estimate of drug-likeness (QED) is 0.306.